The summed E-state index contributed by atoms with van der Waals surface area (Å²) >= 11 is 1.17. The predicted molar refractivity (Wildman–Crippen MR) is 90.6 cm³/mol. The summed E-state index contributed by atoms with van der Waals surface area (Å²) in [5.74, 6) is 0.472. The zero-order valence-electron chi connectivity index (χ0n) is 13.3. The van der Waals surface area contributed by atoms with Crippen LogP contribution in [0.3, 0.4) is 0 Å². The lowest BCUT2D eigenvalue weighted by Gasteiger charge is -2.04. The summed E-state index contributed by atoms with van der Waals surface area (Å²) in [5, 5.41) is 21.3. The number of unbranched alkanes of at least 4 members (excludes halogenated alkanes) is 1. The van der Waals surface area contributed by atoms with Gasteiger partial charge in [-0.3, -0.25) is 9.59 Å². The van der Waals surface area contributed by atoms with E-state index in [0.29, 0.717) is 25.1 Å². The highest BCUT2D eigenvalue weighted by Gasteiger charge is 2.00. The van der Waals surface area contributed by atoms with Crippen molar-refractivity contribution in [3.63, 3.8) is 0 Å². The number of amides is 1. The number of carbonyl (C=O) groups excluding carboxylic acids is 2. The lowest BCUT2D eigenvalue weighted by Crippen LogP contribution is -2.22. The van der Waals surface area contributed by atoms with E-state index >= 15 is 0 Å². The van der Waals surface area contributed by atoms with Crippen LogP contribution in [0.15, 0.2) is 24.3 Å². The van der Waals surface area contributed by atoms with E-state index in [4.69, 9.17) is 5.11 Å². The van der Waals surface area contributed by atoms with Crippen molar-refractivity contribution in [2.45, 2.75) is 51.7 Å². The molecule has 5 nitrogen and oxygen atoms in total. The quantitative estimate of drug-likeness (QED) is 0.306. The molecule has 0 bridgehead atoms. The summed E-state index contributed by atoms with van der Waals surface area (Å²) in [7, 11) is 0. The van der Waals surface area contributed by atoms with Crippen molar-refractivity contribution in [3.8, 4) is 0 Å². The lowest BCUT2D eigenvalue weighted by atomic mass is 10.1. The number of rotatable bonds is 11. The highest BCUT2D eigenvalue weighted by atomic mass is 32.2. The second kappa shape index (κ2) is 13.5. The molecule has 1 amide bonds. The van der Waals surface area contributed by atoms with Crippen molar-refractivity contribution in [2.24, 2.45) is 0 Å². The minimum atomic E-state index is -0.505. The van der Waals surface area contributed by atoms with E-state index in [1.807, 2.05) is 0 Å². The molecule has 0 aliphatic heterocycles. The number of hydrogen-bond acceptors (Lipinski definition) is 5. The molecule has 0 radical (unpaired) electrons. The first kappa shape index (κ1) is 20.9. The average molecular weight is 329 g/mol. The Morgan fingerprint density at radius 3 is 2.64 bits per heavy atom. The van der Waals surface area contributed by atoms with E-state index in [0.717, 1.165) is 12.8 Å². The molecule has 0 aromatic rings. The summed E-state index contributed by atoms with van der Waals surface area (Å²) in [4.78, 5) is 22.1. The Hall–Kier alpha value is -1.11. The maximum absolute atomic E-state index is 11.5. The van der Waals surface area contributed by atoms with E-state index in [1.165, 1.54) is 24.8 Å². The van der Waals surface area contributed by atoms with Gasteiger partial charge in [0.15, 0.2) is 0 Å². The zero-order valence-corrected chi connectivity index (χ0v) is 14.1. The summed E-state index contributed by atoms with van der Waals surface area (Å²) in [6.45, 7) is 3.64. The van der Waals surface area contributed by atoms with Crippen molar-refractivity contribution in [1.29, 1.82) is 0 Å². The molecule has 0 aromatic heterocycles. The van der Waals surface area contributed by atoms with E-state index < -0.39 is 6.10 Å². The number of nitrogens with one attached hydrogen (secondary N) is 1. The van der Waals surface area contributed by atoms with Crippen LogP contribution in [0.5, 0.6) is 0 Å². The van der Waals surface area contributed by atoms with Crippen molar-refractivity contribution >= 4 is 22.8 Å². The van der Waals surface area contributed by atoms with Gasteiger partial charge in [-0.2, -0.15) is 0 Å². The topological polar surface area (TPSA) is 86.6 Å². The van der Waals surface area contributed by atoms with Crippen LogP contribution in [0.2, 0.25) is 0 Å². The zero-order chi connectivity index (χ0) is 16.8. The lowest BCUT2D eigenvalue weighted by molar-refractivity contribution is -0.118. The van der Waals surface area contributed by atoms with Crippen LogP contribution in [0.4, 0.5) is 0 Å². The maximum Gasteiger partial charge on any atom is 0.216 e. The smallest absolute Gasteiger partial charge is 0.216 e. The minimum Gasteiger partial charge on any atom is -0.393 e. The molecule has 0 aliphatic rings. The Bertz CT molecular complexity index is 380. The van der Waals surface area contributed by atoms with Crippen LogP contribution >= 0.6 is 11.8 Å². The Labute approximate surface area is 136 Å². The van der Waals surface area contributed by atoms with E-state index in [9.17, 15) is 14.7 Å². The van der Waals surface area contributed by atoms with E-state index in [1.54, 1.807) is 25.2 Å². The largest absolute Gasteiger partial charge is 0.393 e. The Morgan fingerprint density at radius 1 is 1.27 bits per heavy atom. The molecule has 3 N–H and O–H groups in total. The first-order chi connectivity index (χ1) is 10.4. The second-order valence-corrected chi connectivity index (χ2v) is 6.16. The fourth-order valence-electron chi connectivity index (χ4n) is 1.58. The summed E-state index contributed by atoms with van der Waals surface area (Å²) in [5.41, 5.74) is 0. The standard InChI is InChI=1S/C16H27NO4S/c1-13(18)7-6-9-15(20)8-4-3-5-10-16(21)22-12-11-17-14(2)19/h5-6,9-10,13,15,18,20H,3-4,7-8,11-12H2,1-2H3,(H,17,19). The van der Waals surface area contributed by atoms with Crippen molar-refractivity contribution in [3.05, 3.63) is 24.3 Å². The molecule has 0 heterocycles. The van der Waals surface area contributed by atoms with Crippen LogP contribution in [-0.2, 0) is 9.59 Å². The van der Waals surface area contributed by atoms with Crippen molar-refractivity contribution < 1.29 is 19.8 Å². The Morgan fingerprint density at radius 2 is 2.00 bits per heavy atom. The van der Waals surface area contributed by atoms with Gasteiger partial charge in [0.25, 0.3) is 0 Å². The number of aliphatic hydroxyl groups is 2. The van der Waals surface area contributed by atoms with Gasteiger partial charge in [-0.05, 0) is 38.7 Å². The molecule has 2 unspecified atom stereocenters. The second-order valence-electron chi connectivity index (χ2n) is 5.06. The van der Waals surface area contributed by atoms with Gasteiger partial charge in [0.05, 0.1) is 12.2 Å². The molecule has 126 valence electrons. The molecule has 22 heavy (non-hydrogen) atoms. The highest BCUT2D eigenvalue weighted by Crippen LogP contribution is 2.06. The maximum atomic E-state index is 11.5. The normalized spacial score (nSPS) is 14.4. The SMILES string of the molecule is CC(=O)NCCSC(=O)C=CCCCC(O)C=CCC(C)O. The molecule has 6 heteroatoms. The summed E-state index contributed by atoms with van der Waals surface area (Å²) in [6.07, 6.45) is 8.62. The molecule has 0 rings (SSSR count). The molecule has 0 saturated carbocycles. The number of thioether (sulfide) groups is 1. The molecule has 0 aliphatic carbocycles. The molecule has 0 spiro atoms. The summed E-state index contributed by atoms with van der Waals surface area (Å²) < 4.78 is 0. The molecule has 2 atom stereocenters. The van der Waals surface area contributed by atoms with Gasteiger partial charge in [-0.25, -0.2) is 0 Å². The predicted octanol–water partition coefficient (Wildman–Crippen LogP) is 1.80. The van der Waals surface area contributed by atoms with Gasteiger partial charge in [0, 0.05) is 19.2 Å². The minimum absolute atomic E-state index is 0.0253. The van der Waals surface area contributed by atoms with E-state index in [-0.39, 0.29) is 17.1 Å². The Kier molecular flexibility index (Phi) is 12.9. The van der Waals surface area contributed by atoms with Crippen molar-refractivity contribution in [2.75, 3.05) is 12.3 Å². The highest BCUT2D eigenvalue weighted by molar-refractivity contribution is 8.14. The molecular weight excluding hydrogens is 302 g/mol. The van der Waals surface area contributed by atoms with Gasteiger partial charge >= 0.3 is 0 Å². The van der Waals surface area contributed by atoms with Gasteiger partial charge < -0.3 is 15.5 Å². The van der Waals surface area contributed by atoms with Crippen molar-refractivity contribution in [1.82, 2.24) is 5.32 Å². The first-order valence-electron chi connectivity index (χ1n) is 7.52. The number of carbonyl (C=O) groups is 2. The third-order valence-corrected chi connectivity index (χ3v) is 3.51. The molecule has 0 fully saturated rings. The van der Waals surface area contributed by atoms with Crippen LogP contribution in [0, 0.1) is 0 Å². The van der Waals surface area contributed by atoms with Crippen LogP contribution in [0.1, 0.15) is 39.5 Å². The molecule has 0 saturated heterocycles. The first-order valence-corrected chi connectivity index (χ1v) is 8.51. The fourth-order valence-corrected chi connectivity index (χ4v) is 2.18. The van der Waals surface area contributed by atoms with E-state index in [2.05, 4.69) is 5.32 Å². The molecular formula is C16H27NO4S. The third-order valence-electron chi connectivity index (χ3n) is 2.68. The number of allylic oxidation sites excluding steroid dienone is 1. The van der Waals surface area contributed by atoms with Gasteiger partial charge in [0.2, 0.25) is 11.0 Å². The van der Waals surface area contributed by atoms with Crippen LogP contribution in [0.25, 0.3) is 0 Å². The van der Waals surface area contributed by atoms with Crippen LogP contribution in [-0.4, -0.2) is 45.7 Å². The fraction of sp³-hybridized carbons (Fsp3) is 0.625. The Balaban J connectivity index is 3.62. The van der Waals surface area contributed by atoms with Gasteiger partial charge in [0.1, 0.15) is 0 Å². The third kappa shape index (κ3) is 15.3. The van der Waals surface area contributed by atoms with Crippen LogP contribution < -0.4 is 5.32 Å². The summed E-state index contributed by atoms with van der Waals surface area (Å²) in [6, 6.07) is 0. The number of hydrogen-bond donors (Lipinski definition) is 3. The van der Waals surface area contributed by atoms with Gasteiger partial charge in [-0.1, -0.05) is 30.0 Å². The van der Waals surface area contributed by atoms with Gasteiger partial charge in [-0.15, -0.1) is 0 Å². The number of aliphatic hydroxyl groups excluding tert-OH is 2. The molecule has 0 aromatic carbocycles. The monoisotopic (exact) mass is 329 g/mol. The average Bonchev–Trinajstić information content (AvgIpc) is 2.42.